The molecule has 0 atom stereocenters. The number of ether oxygens (including phenoxy) is 2. The monoisotopic (exact) mass is 422 g/mol. The van der Waals surface area contributed by atoms with Crippen LogP contribution in [-0.2, 0) is 10.1 Å². The van der Waals surface area contributed by atoms with E-state index in [0.717, 1.165) is 11.1 Å². The summed E-state index contributed by atoms with van der Waals surface area (Å²) >= 11 is 0. The van der Waals surface area contributed by atoms with Crippen LogP contribution in [0.2, 0.25) is 0 Å². The van der Waals surface area contributed by atoms with E-state index in [1.165, 1.54) is 49.6 Å². The van der Waals surface area contributed by atoms with Crippen molar-refractivity contribution in [1.82, 2.24) is 0 Å². The van der Waals surface area contributed by atoms with Crippen molar-refractivity contribution in [3.63, 3.8) is 0 Å². The largest absolute Gasteiger partial charge is 0.497 e. The molecule has 0 N–H and O–H groups in total. The lowest BCUT2D eigenvalue weighted by atomic mass is 10.1. The van der Waals surface area contributed by atoms with E-state index < -0.39 is 10.1 Å². The Hall–Kier alpha value is -3.58. The van der Waals surface area contributed by atoms with Crippen molar-refractivity contribution in [3.8, 4) is 17.2 Å². The molecule has 0 spiro atoms. The Morgan fingerprint density at radius 2 is 1.57 bits per heavy atom. The van der Waals surface area contributed by atoms with Crippen LogP contribution in [0.1, 0.15) is 21.5 Å². The molecule has 3 aromatic carbocycles. The van der Waals surface area contributed by atoms with Gasteiger partial charge in [0.15, 0.2) is 5.76 Å². The summed E-state index contributed by atoms with van der Waals surface area (Å²) in [6, 6.07) is 17.8. The van der Waals surface area contributed by atoms with Crippen LogP contribution in [0.3, 0.4) is 0 Å². The van der Waals surface area contributed by atoms with Crippen LogP contribution in [0, 0.1) is 6.92 Å². The number of Topliss-reactive ketones (excluding diaryl/α,β-unsaturated/α-hetero) is 1. The molecule has 7 heteroatoms. The maximum Gasteiger partial charge on any atom is 0.339 e. The molecule has 0 amide bonds. The second-order valence-electron chi connectivity index (χ2n) is 6.72. The summed E-state index contributed by atoms with van der Waals surface area (Å²) in [6.07, 6.45) is 1.65. The van der Waals surface area contributed by atoms with Crippen molar-refractivity contribution in [1.29, 1.82) is 0 Å². The summed E-state index contributed by atoms with van der Waals surface area (Å²) in [4.78, 5) is 12.6. The van der Waals surface area contributed by atoms with Gasteiger partial charge in [0, 0.05) is 6.07 Å². The Labute approximate surface area is 174 Å². The van der Waals surface area contributed by atoms with Crippen LogP contribution < -0.4 is 13.7 Å². The highest BCUT2D eigenvalue weighted by Gasteiger charge is 2.28. The highest BCUT2D eigenvalue weighted by molar-refractivity contribution is 7.87. The molecule has 0 unspecified atom stereocenters. The summed E-state index contributed by atoms with van der Waals surface area (Å²) in [5, 5.41) is 0. The Bertz CT molecular complexity index is 1240. The number of aryl methyl sites for hydroxylation is 1. The molecule has 0 aromatic heterocycles. The van der Waals surface area contributed by atoms with Gasteiger partial charge in [-0.15, -0.1) is 0 Å². The third kappa shape index (κ3) is 3.92. The van der Waals surface area contributed by atoms with E-state index in [1.54, 1.807) is 6.08 Å². The van der Waals surface area contributed by atoms with E-state index in [2.05, 4.69) is 0 Å². The van der Waals surface area contributed by atoms with Crippen LogP contribution >= 0.6 is 0 Å². The first-order valence-electron chi connectivity index (χ1n) is 9.09. The predicted molar refractivity (Wildman–Crippen MR) is 111 cm³/mol. The Morgan fingerprint density at radius 1 is 0.900 bits per heavy atom. The summed E-state index contributed by atoms with van der Waals surface area (Å²) in [5.74, 6) is 0.736. The van der Waals surface area contributed by atoms with Crippen molar-refractivity contribution in [3.05, 3.63) is 89.2 Å². The summed E-state index contributed by atoms with van der Waals surface area (Å²) in [6.45, 7) is 1.98. The molecule has 152 valence electrons. The maximum atomic E-state index is 12.6. The van der Waals surface area contributed by atoms with E-state index in [-0.39, 0.29) is 27.9 Å². The van der Waals surface area contributed by atoms with Crippen LogP contribution in [-0.4, -0.2) is 21.3 Å². The van der Waals surface area contributed by atoms with Gasteiger partial charge in [-0.25, -0.2) is 0 Å². The molecular formula is C23H18O6S. The van der Waals surface area contributed by atoms with Crippen molar-refractivity contribution >= 4 is 22.0 Å². The SMILES string of the molecule is COc1ccc(S(=O)(=O)Oc2ccc3c(c2)OC(=Cc2ccc(C)cc2)C3=O)cc1. The van der Waals surface area contributed by atoms with Gasteiger partial charge in [0.1, 0.15) is 22.1 Å². The maximum absolute atomic E-state index is 12.6. The van der Waals surface area contributed by atoms with Gasteiger partial charge in [-0.3, -0.25) is 4.79 Å². The minimum absolute atomic E-state index is 0.0132. The number of hydrogen-bond donors (Lipinski definition) is 0. The van der Waals surface area contributed by atoms with Gasteiger partial charge in [0.2, 0.25) is 5.78 Å². The molecule has 4 rings (SSSR count). The number of allylic oxidation sites excluding steroid dienone is 1. The fraction of sp³-hybridized carbons (Fsp3) is 0.0870. The van der Waals surface area contributed by atoms with Crippen molar-refractivity contribution in [2.45, 2.75) is 11.8 Å². The molecule has 0 aliphatic carbocycles. The molecule has 0 radical (unpaired) electrons. The van der Waals surface area contributed by atoms with Crippen LogP contribution in [0.15, 0.2) is 77.4 Å². The highest BCUT2D eigenvalue weighted by Crippen LogP contribution is 2.35. The zero-order chi connectivity index (χ0) is 21.3. The molecule has 0 fully saturated rings. The quantitative estimate of drug-likeness (QED) is 0.448. The first kappa shape index (κ1) is 19.7. The molecule has 6 nitrogen and oxygen atoms in total. The number of rotatable bonds is 5. The molecule has 0 saturated heterocycles. The number of fused-ring (bicyclic) bond motifs is 1. The minimum Gasteiger partial charge on any atom is -0.497 e. The standard InChI is InChI=1S/C23H18O6S/c1-15-3-5-16(6-4-15)13-22-23(24)20-12-9-18(14-21(20)28-22)29-30(25,26)19-10-7-17(27-2)8-11-19/h3-14H,1-2H3. The minimum atomic E-state index is -4.05. The second kappa shape index (κ2) is 7.68. The molecule has 1 aliphatic rings. The molecule has 0 saturated carbocycles. The summed E-state index contributed by atoms with van der Waals surface area (Å²) in [5.41, 5.74) is 2.29. The third-order valence-electron chi connectivity index (χ3n) is 4.57. The predicted octanol–water partition coefficient (Wildman–Crippen LogP) is 4.39. The normalized spacial score (nSPS) is 14.3. The number of hydrogen-bond acceptors (Lipinski definition) is 6. The van der Waals surface area contributed by atoms with Crippen LogP contribution in [0.4, 0.5) is 0 Å². The van der Waals surface area contributed by atoms with Gasteiger partial charge >= 0.3 is 10.1 Å². The molecular weight excluding hydrogens is 404 g/mol. The smallest absolute Gasteiger partial charge is 0.339 e. The molecule has 3 aromatic rings. The van der Waals surface area contributed by atoms with Gasteiger partial charge in [0.25, 0.3) is 0 Å². The average Bonchev–Trinajstić information content (AvgIpc) is 3.04. The van der Waals surface area contributed by atoms with Crippen molar-refractivity contribution in [2.75, 3.05) is 7.11 Å². The lowest BCUT2D eigenvalue weighted by molar-refractivity contribution is 0.101. The van der Waals surface area contributed by atoms with Crippen molar-refractivity contribution in [2.24, 2.45) is 0 Å². The molecule has 0 bridgehead atoms. The first-order valence-corrected chi connectivity index (χ1v) is 10.5. The zero-order valence-corrected chi connectivity index (χ0v) is 17.1. The van der Waals surface area contributed by atoms with Gasteiger partial charge < -0.3 is 13.7 Å². The lowest BCUT2D eigenvalue weighted by Crippen LogP contribution is -2.09. The number of carbonyl (C=O) groups excluding carboxylic acids is 1. The van der Waals surface area contributed by atoms with E-state index in [4.69, 9.17) is 13.7 Å². The van der Waals surface area contributed by atoms with E-state index in [9.17, 15) is 13.2 Å². The lowest BCUT2D eigenvalue weighted by Gasteiger charge is -2.08. The summed E-state index contributed by atoms with van der Waals surface area (Å²) < 4.78 is 40.9. The average molecular weight is 422 g/mol. The molecule has 1 heterocycles. The Balaban J connectivity index is 1.57. The highest BCUT2D eigenvalue weighted by atomic mass is 32.2. The Kier molecular flexibility index (Phi) is 5.05. The van der Waals surface area contributed by atoms with E-state index >= 15 is 0 Å². The topological polar surface area (TPSA) is 78.9 Å². The van der Waals surface area contributed by atoms with Gasteiger partial charge in [-0.1, -0.05) is 29.8 Å². The molecule has 30 heavy (non-hydrogen) atoms. The first-order chi connectivity index (χ1) is 14.4. The Morgan fingerprint density at radius 3 is 2.23 bits per heavy atom. The second-order valence-corrected chi connectivity index (χ2v) is 8.27. The van der Waals surface area contributed by atoms with E-state index in [1.807, 2.05) is 31.2 Å². The fourth-order valence-electron chi connectivity index (χ4n) is 2.95. The van der Waals surface area contributed by atoms with Gasteiger partial charge in [-0.2, -0.15) is 8.42 Å². The van der Waals surface area contributed by atoms with E-state index in [0.29, 0.717) is 11.3 Å². The number of benzene rings is 3. The van der Waals surface area contributed by atoms with Gasteiger partial charge in [-0.05, 0) is 55.0 Å². The van der Waals surface area contributed by atoms with Crippen molar-refractivity contribution < 1.29 is 26.9 Å². The number of ketones is 1. The van der Waals surface area contributed by atoms with Gasteiger partial charge in [0.05, 0.1) is 12.7 Å². The third-order valence-corrected chi connectivity index (χ3v) is 5.83. The fourth-order valence-corrected chi connectivity index (χ4v) is 3.87. The zero-order valence-electron chi connectivity index (χ0n) is 16.3. The van der Waals surface area contributed by atoms with Crippen LogP contribution in [0.5, 0.6) is 17.2 Å². The summed E-state index contributed by atoms with van der Waals surface area (Å²) in [7, 11) is -2.55. The number of carbonyl (C=O) groups is 1. The molecule has 1 aliphatic heterocycles. The number of methoxy groups -OCH3 is 1. The van der Waals surface area contributed by atoms with Crippen LogP contribution in [0.25, 0.3) is 6.08 Å².